The summed E-state index contributed by atoms with van der Waals surface area (Å²) < 4.78 is 16.2. The number of amides is 4. The minimum atomic E-state index is -1.01. The molecule has 14 nitrogen and oxygen atoms in total. The summed E-state index contributed by atoms with van der Waals surface area (Å²) in [6.45, 7) is 3.37. The number of rotatable bonds is 16. The van der Waals surface area contributed by atoms with E-state index in [-0.39, 0.29) is 30.6 Å². The van der Waals surface area contributed by atoms with Crippen LogP contribution in [-0.2, 0) is 23.8 Å². The van der Waals surface area contributed by atoms with E-state index in [1.165, 1.54) is 6.21 Å². The maximum absolute atomic E-state index is 13.1. The van der Waals surface area contributed by atoms with E-state index < -0.39 is 29.7 Å². The third-order valence-electron chi connectivity index (χ3n) is 5.68. The molecule has 4 amide bonds. The molecule has 1 unspecified atom stereocenters. The predicted molar refractivity (Wildman–Crippen MR) is 138 cm³/mol. The van der Waals surface area contributed by atoms with Gasteiger partial charge in [-0.2, -0.15) is 5.10 Å². The number of hydrazone groups is 1. The molecule has 1 atom stereocenters. The van der Waals surface area contributed by atoms with Crippen LogP contribution in [0, 0.1) is 0 Å². The average Bonchev–Trinajstić information content (AvgIpc) is 3.16. The van der Waals surface area contributed by atoms with E-state index in [9.17, 15) is 19.2 Å². The number of benzene rings is 1. The van der Waals surface area contributed by atoms with Gasteiger partial charge < -0.3 is 31.1 Å². The number of aliphatic imine (C=N–C) groups is 1. The van der Waals surface area contributed by atoms with Gasteiger partial charge in [0, 0.05) is 31.4 Å². The third-order valence-corrected chi connectivity index (χ3v) is 5.68. The Kier molecular flexibility index (Phi) is 11.3. The van der Waals surface area contributed by atoms with Gasteiger partial charge in [-0.1, -0.05) is 6.07 Å². The number of ether oxygens (including phenoxy) is 3. The predicted octanol–water partition coefficient (Wildman–Crippen LogP) is -1.11. The molecule has 0 bridgehead atoms. The molecule has 206 valence electrons. The Morgan fingerprint density at radius 3 is 2.61 bits per heavy atom. The number of carbonyl (C=O) groups excluding carboxylic acids is 4. The molecule has 38 heavy (non-hydrogen) atoms. The number of carbonyl (C=O) groups is 4. The van der Waals surface area contributed by atoms with Gasteiger partial charge >= 0.3 is 0 Å². The van der Waals surface area contributed by atoms with E-state index in [0.29, 0.717) is 64.1 Å². The largest absolute Gasteiger partial charge is 0.382 e. The fraction of sp³-hybridized carbons (Fsp3) is 0.500. The van der Waals surface area contributed by atoms with Crippen molar-refractivity contribution in [3.05, 3.63) is 29.3 Å². The highest BCUT2D eigenvalue weighted by atomic mass is 16.5. The number of imide groups is 2. The maximum Gasteiger partial charge on any atom is 0.264 e. The quantitative estimate of drug-likeness (QED) is 0.0667. The zero-order valence-electron chi connectivity index (χ0n) is 21.0. The number of hydrogen-bond acceptors (Lipinski definition) is 12. The van der Waals surface area contributed by atoms with Crippen molar-refractivity contribution in [1.82, 2.24) is 10.2 Å². The van der Waals surface area contributed by atoms with Crippen LogP contribution in [0.15, 0.2) is 28.3 Å². The lowest BCUT2D eigenvalue weighted by Gasteiger charge is -2.27. The lowest BCUT2D eigenvalue weighted by atomic mass is 10.0. The van der Waals surface area contributed by atoms with Gasteiger partial charge in [0.2, 0.25) is 11.8 Å². The van der Waals surface area contributed by atoms with E-state index in [1.54, 1.807) is 18.2 Å². The monoisotopic (exact) mass is 531 g/mol. The van der Waals surface area contributed by atoms with Crippen LogP contribution in [0.5, 0.6) is 0 Å². The molecule has 1 aromatic rings. The first-order valence-electron chi connectivity index (χ1n) is 12.3. The fourth-order valence-electron chi connectivity index (χ4n) is 3.90. The Balaban J connectivity index is 1.35. The maximum atomic E-state index is 13.1. The van der Waals surface area contributed by atoms with Crippen LogP contribution >= 0.6 is 0 Å². The number of anilines is 1. The van der Waals surface area contributed by atoms with Crippen molar-refractivity contribution < 1.29 is 33.4 Å². The lowest BCUT2D eigenvalue weighted by molar-refractivity contribution is -0.136. The lowest BCUT2D eigenvalue weighted by Crippen LogP contribution is -2.54. The standard InChI is InChI=1S/C24H33N7O7/c25-6-9-38-15-16(30-26)14-27-7-10-36-12-13-37-11-8-28-18-3-1-2-17-21(18)24(35)31(23(17)34)19-4-5-20(32)29-22(19)33/h1-3,14,19,28H,4-13,15,25-26H2,(H,29,32,33). The van der Waals surface area contributed by atoms with Gasteiger partial charge in [-0.3, -0.25) is 34.4 Å². The molecule has 1 fully saturated rings. The number of nitrogens with zero attached hydrogens (tertiary/aromatic N) is 3. The van der Waals surface area contributed by atoms with Gasteiger partial charge in [-0.05, 0) is 18.6 Å². The molecular weight excluding hydrogens is 498 g/mol. The summed E-state index contributed by atoms with van der Waals surface area (Å²) in [5.41, 5.74) is 6.76. The second-order valence-corrected chi connectivity index (χ2v) is 8.32. The van der Waals surface area contributed by atoms with Gasteiger partial charge in [-0.15, -0.1) is 0 Å². The molecule has 2 aliphatic rings. The molecule has 3 rings (SSSR count). The van der Waals surface area contributed by atoms with Crippen molar-refractivity contribution in [1.29, 1.82) is 0 Å². The zero-order chi connectivity index (χ0) is 27.3. The third kappa shape index (κ3) is 7.64. The Bertz CT molecular complexity index is 1080. The first-order valence-corrected chi connectivity index (χ1v) is 12.3. The highest BCUT2D eigenvalue weighted by Gasteiger charge is 2.45. The van der Waals surface area contributed by atoms with Crippen LogP contribution < -0.4 is 22.2 Å². The molecule has 2 aliphatic heterocycles. The molecule has 0 aromatic heterocycles. The summed E-state index contributed by atoms with van der Waals surface area (Å²) in [5, 5.41) is 8.88. The summed E-state index contributed by atoms with van der Waals surface area (Å²) in [5.74, 6) is 3.10. The molecule has 14 heteroatoms. The second kappa shape index (κ2) is 14.9. The van der Waals surface area contributed by atoms with Gasteiger partial charge in [0.1, 0.15) is 11.8 Å². The van der Waals surface area contributed by atoms with Gasteiger partial charge in [0.25, 0.3) is 11.8 Å². The summed E-state index contributed by atoms with van der Waals surface area (Å²) >= 11 is 0. The van der Waals surface area contributed by atoms with Crippen molar-refractivity contribution in [2.24, 2.45) is 21.7 Å². The van der Waals surface area contributed by atoms with Gasteiger partial charge in [-0.25, -0.2) is 0 Å². The molecule has 0 spiro atoms. The van der Waals surface area contributed by atoms with Gasteiger partial charge in [0.05, 0.1) is 57.3 Å². The smallest absolute Gasteiger partial charge is 0.264 e. The van der Waals surface area contributed by atoms with Crippen LogP contribution in [-0.4, -0.2) is 106 Å². The van der Waals surface area contributed by atoms with Crippen LogP contribution in [0.1, 0.15) is 33.6 Å². The highest BCUT2D eigenvalue weighted by Crippen LogP contribution is 2.32. The van der Waals surface area contributed by atoms with Crippen molar-refractivity contribution in [2.45, 2.75) is 18.9 Å². The molecule has 1 aromatic carbocycles. The van der Waals surface area contributed by atoms with Crippen LogP contribution in [0.2, 0.25) is 0 Å². The SMILES string of the molecule is NCCOCC(C=NCCOCCOCCNc1cccc2c1C(=O)N(C1CCC(=O)NC1=O)C2=O)=NN. The number of nitrogens with one attached hydrogen (secondary N) is 2. The summed E-state index contributed by atoms with van der Waals surface area (Å²) in [6.07, 6.45) is 1.71. The summed E-state index contributed by atoms with van der Waals surface area (Å²) in [6, 6.07) is 3.89. The van der Waals surface area contributed by atoms with E-state index in [2.05, 4.69) is 20.7 Å². The molecule has 2 heterocycles. The fourth-order valence-corrected chi connectivity index (χ4v) is 3.90. The molecule has 6 N–H and O–H groups in total. The van der Waals surface area contributed by atoms with E-state index in [1.807, 2.05) is 0 Å². The van der Waals surface area contributed by atoms with E-state index >= 15 is 0 Å². The van der Waals surface area contributed by atoms with E-state index in [4.69, 9.17) is 25.8 Å². The molecule has 0 radical (unpaired) electrons. The molecule has 0 saturated carbocycles. The van der Waals surface area contributed by atoms with Crippen molar-refractivity contribution >= 4 is 41.2 Å². The van der Waals surface area contributed by atoms with E-state index in [0.717, 1.165) is 4.90 Å². The summed E-state index contributed by atoms with van der Waals surface area (Å²) in [7, 11) is 0. The van der Waals surface area contributed by atoms with Crippen molar-refractivity contribution in [3.63, 3.8) is 0 Å². The first-order chi connectivity index (χ1) is 18.5. The molecular formula is C24H33N7O7. The van der Waals surface area contributed by atoms with Crippen molar-refractivity contribution in [2.75, 3.05) is 64.6 Å². The Morgan fingerprint density at radius 2 is 1.87 bits per heavy atom. The zero-order valence-corrected chi connectivity index (χ0v) is 21.0. The Morgan fingerprint density at radius 1 is 1.08 bits per heavy atom. The normalized spacial score (nSPS) is 17.9. The Labute approximate surface area is 219 Å². The minimum absolute atomic E-state index is 0.0677. The summed E-state index contributed by atoms with van der Waals surface area (Å²) in [4.78, 5) is 54.7. The first kappa shape index (κ1) is 28.8. The van der Waals surface area contributed by atoms with Crippen LogP contribution in [0.4, 0.5) is 5.69 Å². The second-order valence-electron chi connectivity index (χ2n) is 8.32. The topological polar surface area (TPSA) is 200 Å². The van der Waals surface area contributed by atoms with Crippen LogP contribution in [0.3, 0.4) is 0 Å². The number of piperidine rings is 1. The average molecular weight is 532 g/mol. The Hall–Kier alpha value is -3.72. The van der Waals surface area contributed by atoms with Crippen molar-refractivity contribution in [3.8, 4) is 0 Å². The molecule has 0 aliphatic carbocycles. The van der Waals surface area contributed by atoms with Crippen LogP contribution in [0.25, 0.3) is 0 Å². The number of nitrogens with two attached hydrogens (primary N) is 2. The molecule has 1 saturated heterocycles. The number of fused-ring (bicyclic) bond motifs is 1. The highest BCUT2D eigenvalue weighted by molar-refractivity contribution is 6.31. The number of hydrogen-bond donors (Lipinski definition) is 4. The van der Waals surface area contributed by atoms with Gasteiger partial charge in [0.15, 0.2) is 0 Å². The minimum Gasteiger partial charge on any atom is -0.382 e.